The van der Waals surface area contributed by atoms with Gasteiger partial charge in [0.2, 0.25) is 0 Å². The monoisotopic (exact) mass is 386 g/mol. The second-order valence-electron chi connectivity index (χ2n) is 8.09. The van der Waals surface area contributed by atoms with Gasteiger partial charge in [-0.2, -0.15) is 0 Å². The Morgan fingerprint density at radius 2 is 1.52 bits per heavy atom. The molecule has 0 amide bonds. The Labute approximate surface area is 158 Å². The Morgan fingerprint density at radius 1 is 1.00 bits per heavy atom. The van der Waals surface area contributed by atoms with Crippen LogP contribution in [0.2, 0.25) is 0 Å². The highest BCUT2D eigenvalue weighted by Crippen LogP contribution is 2.51. The van der Waals surface area contributed by atoms with E-state index in [0.717, 1.165) is 21.7 Å². The molecule has 1 atom stereocenters. The first-order valence-corrected chi connectivity index (χ1v) is 11.6. The zero-order chi connectivity index (χ0) is 19.5. The number of hydrogen-bond acceptors (Lipinski definition) is 3. The van der Waals surface area contributed by atoms with E-state index in [4.69, 9.17) is 9.47 Å². The van der Waals surface area contributed by atoms with Gasteiger partial charge in [0.15, 0.2) is 11.5 Å². The van der Waals surface area contributed by atoms with Gasteiger partial charge in [-0.25, -0.2) is 0 Å². The Morgan fingerprint density at radius 3 is 1.88 bits per heavy atom. The molecule has 0 heterocycles. The number of ether oxygens (including phenoxy) is 2. The van der Waals surface area contributed by atoms with E-state index in [-0.39, 0.29) is 10.9 Å². The summed E-state index contributed by atoms with van der Waals surface area (Å²) in [5.41, 5.74) is 0.930. The van der Waals surface area contributed by atoms with Gasteiger partial charge >= 0.3 is 0 Å². The van der Waals surface area contributed by atoms with Crippen LogP contribution in [-0.4, -0.2) is 33.5 Å². The summed E-state index contributed by atoms with van der Waals surface area (Å²) in [6.07, 6.45) is 0.0298. The fraction of sp³-hybridized carbons (Fsp3) is 0.700. The maximum absolute atomic E-state index is 13.3. The molecule has 0 bridgehead atoms. The molecule has 144 valence electrons. The van der Waals surface area contributed by atoms with Crippen LogP contribution < -0.4 is 14.8 Å². The minimum absolute atomic E-state index is 0.0298. The third-order valence-electron chi connectivity index (χ3n) is 3.76. The van der Waals surface area contributed by atoms with Gasteiger partial charge in [-0.3, -0.25) is 4.21 Å². The van der Waals surface area contributed by atoms with Crippen molar-refractivity contribution in [1.82, 2.24) is 0 Å². The van der Waals surface area contributed by atoms with Gasteiger partial charge in [0.25, 0.3) is 0 Å². The summed E-state index contributed by atoms with van der Waals surface area (Å²) in [6.45, 7) is 19.1. The molecule has 0 saturated heterocycles. The van der Waals surface area contributed by atoms with Crippen LogP contribution in [0, 0.1) is 0 Å². The quantitative estimate of drug-likeness (QED) is 0.596. The van der Waals surface area contributed by atoms with Gasteiger partial charge < -0.3 is 9.47 Å². The summed E-state index contributed by atoms with van der Waals surface area (Å²) in [7, 11) is 0.000195. The van der Waals surface area contributed by atoms with Crippen LogP contribution in [0.4, 0.5) is 0 Å². The lowest BCUT2D eigenvalue weighted by Gasteiger charge is -2.32. The van der Waals surface area contributed by atoms with Crippen molar-refractivity contribution in [2.24, 2.45) is 0 Å². The van der Waals surface area contributed by atoms with Crippen molar-refractivity contribution in [3.63, 3.8) is 0 Å². The molecule has 0 aliphatic carbocycles. The summed E-state index contributed by atoms with van der Waals surface area (Å²) in [5, 5.41) is 1.11. The standard InChI is InChI=1S/C20H35O3PS/c1-13(2)23-18-16(22-10)11-12-17(25(21)20(7,8)9)19(18)24(14(3)4)15(5)6/h11-15H,1-10H3. The highest BCUT2D eigenvalue weighted by molar-refractivity contribution is 7.87. The lowest BCUT2D eigenvalue weighted by Crippen LogP contribution is -2.29. The van der Waals surface area contributed by atoms with E-state index in [1.165, 1.54) is 0 Å². The van der Waals surface area contributed by atoms with Crippen molar-refractivity contribution in [1.29, 1.82) is 0 Å². The number of methoxy groups -OCH3 is 1. The first-order chi connectivity index (χ1) is 11.4. The van der Waals surface area contributed by atoms with Crippen molar-refractivity contribution in [2.75, 3.05) is 7.11 Å². The van der Waals surface area contributed by atoms with Crippen LogP contribution in [-0.2, 0) is 10.8 Å². The van der Waals surface area contributed by atoms with Gasteiger partial charge in [0.05, 0.1) is 28.9 Å². The summed E-state index contributed by atoms with van der Waals surface area (Å²) in [5.74, 6) is 1.51. The predicted octanol–water partition coefficient (Wildman–Crippen LogP) is 5.31. The number of rotatable bonds is 7. The van der Waals surface area contributed by atoms with E-state index in [0.29, 0.717) is 11.3 Å². The molecule has 0 fully saturated rings. The van der Waals surface area contributed by atoms with Crippen molar-refractivity contribution < 1.29 is 13.7 Å². The van der Waals surface area contributed by atoms with E-state index in [1.54, 1.807) is 7.11 Å². The maximum atomic E-state index is 13.3. The van der Waals surface area contributed by atoms with Gasteiger partial charge in [-0.05, 0) is 58.1 Å². The Balaban J connectivity index is 3.82. The molecule has 0 radical (unpaired) electrons. The molecule has 1 unspecified atom stereocenters. The Bertz CT molecular complexity index is 596. The second kappa shape index (κ2) is 8.86. The molecule has 0 aliphatic heterocycles. The highest BCUT2D eigenvalue weighted by atomic mass is 32.2. The molecule has 5 heteroatoms. The number of benzene rings is 1. The third kappa shape index (κ3) is 5.44. The molecule has 0 saturated carbocycles. The fourth-order valence-corrected chi connectivity index (χ4v) is 7.52. The van der Waals surface area contributed by atoms with E-state index < -0.39 is 18.7 Å². The first kappa shape index (κ1) is 22.4. The maximum Gasteiger partial charge on any atom is 0.170 e. The smallest absolute Gasteiger partial charge is 0.170 e. The van der Waals surface area contributed by atoms with Crippen LogP contribution in [0.15, 0.2) is 17.0 Å². The fourth-order valence-electron chi connectivity index (χ4n) is 2.88. The van der Waals surface area contributed by atoms with Crippen LogP contribution in [0.3, 0.4) is 0 Å². The molecule has 3 nitrogen and oxygen atoms in total. The third-order valence-corrected chi connectivity index (χ3v) is 8.95. The molecule has 25 heavy (non-hydrogen) atoms. The predicted molar refractivity (Wildman–Crippen MR) is 112 cm³/mol. The second-order valence-corrected chi connectivity index (χ2v) is 13.6. The minimum atomic E-state index is -1.12. The van der Waals surface area contributed by atoms with Crippen molar-refractivity contribution >= 4 is 24.0 Å². The molecular formula is C20H35O3PS. The highest BCUT2D eigenvalue weighted by Gasteiger charge is 2.33. The van der Waals surface area contributed by atoms with Crippen LogP contribution in [0.1, 0.15) is 62.3 Å². The summed E-state index contributed by atoms with van der Waals surface area (Å²) < 4.78 is 24.8. The molecule has 1 aromatic carbocycles. The zero-order valence-corrected chi connectivity index (χ0v) is 19.2. The Hall–Kier alpha value is -0.600. The summed E-state index contributed by atoms with van der Waals surface area (Å²) in [6, 6.07) is 3.87. The normalized spacial score (nSPS) is 13.8. The van der Waals surface area contributed by atoms with E-state index in [9.17, 15) is 4.21 Å². The number of hydrogen-bond donors (Lipinski definition) is 0. The first-order valence-electron chi connectivity index (χ1n) is 8.99. The largest absolute Gasteiger partial charge is 0.493 e. The molecule has 0 N–H and O–H groups in total. The molecule has 0 spiro atoms. The lowest BCUT2D eigenvalue weighted by molar-refractivity contribution is 0.232. The zero-order valence-electron chi connectivity index (χ0n) is 17.5. The van der Waals surface area contributed by atoms with Crippen molar-refractivity contribution in [3.05, 3.63) is 12.1 Å². The SMILES string of the molecule is COc1ccc(S(=O)C(C)(C)C)c(P(C(C)C)C(C)C)c1OC(C)C. The average Bonchev–Trinajstić information content (AvgIpc) is 2.45. The molecular weight excluding hydrogens is 351 g/mol. The van der Waals surface area contributed by atoms with E-state index in [1.807, 2.05) is 46.8 Å². The summed E-state index contributed by atoms with van der Waals surface area (Å²) in [4.78, 5) is 0.900. The topological polar surface area (TPSA) is 35.5 Å². The molecule has 0 aromatic heterocycles. The van der Waals surface area contributed by atoms with Crippen LogP contribution in [0.25, 0.3) is 0 Å². The van der Waals surface area contributed by atoms with Gasteiger partial charge in [0, 0.05) is 10.1 Å². The van der Waals surface area contributed by atoms with Gasteiger partial charge in [-0.1, -0.05) is 35.6 Å². The van der Waals surface area contributed by atoms with E-state index >= 15 is 0 Å². The van der Waals surface area contributed by atoms with E-state index in [2.05, 4.69) is 27.7 Å². The molecule has 0 aliphatic rings. The lowest BCUT2D eigenvalue weighted by atomic mass is 10.3. The van der Waals surface area contributed by atoms with Crippen LogP contribution >= 0.6 is 7.92 Å². The summed E-state index contributed by atoms with van der Waals surface area (Å²) >= 11 is 0. The minimum Gasteiger partial charge on any atom is -0.493 e. The van der Waals surface area contributed by atoms with Gasteiger partial charge in [0.1, 0.15) is 0 Å². The Kier molecular flexibility index (Phi) is 7.95. The van der Waals surface area contributed by atoms with Gasteiger partial charge in [-0.15, -0.1) is 0 Å². The van der Waals surface area contributed by atoms with Crippen LogP contribution in [0.5, 0.6) is 11.5 Å². The molecule has 1 aromatic rings. The average molecular weight is 387 g/mol. The van der Waals surface area contributed by atoms with Crippen molar-refractivity contribution in [2.45, 2.75) is 89.4 Å². The van der Waals surface area contributed by atoms with Crippen molar-refractivity contribution in [3.8, 4) is 11.5 Å². The molecule has 1 rings (SSSR count).